The van der Waals surface area contributed by atoms with Crippen LogP contribution in [0.4, 0.5) is 5.69 Å². The van der Waals surface area contributed by atoms with E-state index in [-0.39, 0.29) is 5.76 Å². The summed E-state index contributed by atoms with van der Waals surface area (Å²) in [5.74, 6) is 0.287. The van der Waals surface area contributed by atoms with Gasteiger partial charge in [0.15, 0.2) is 0 Å². The van der Waals surface area contributed by atoms with Crippen LogP contribution in [-0.4, -0.2) is 25.2 Å². The van der Waals surface area contributed by atoms with Crippen LogP contribution in [0, 0.1) is 0 Å². The summed E-state index contributed by atoms with van der Waals surface area (Å²) >= 11 is 5.95. The molecule has 5 nitrogen and oxygen atoms in total. The molecule has 0 atom stereocenters. The number of amides is 1. The molecule has 0 aliphatic rings. The average Bonchev–Trinajstić information content (AvgIpc) is 2.28. The van der Waals surface area contributed by atoms with Crippen molar-refractivity contribution in [2.45, 2.75) is 6.92 Å². The maximum Gasteiger partial charge on any atom is 0.251 e. The first-order valence-electron chi connectivity index (χ1n) is 5.07. The number of rotatable bonds is 4. The molecular weight excluding hydrogens is 258 g/mol. The fraction of sp³-hybridized carbons (Fsp3) is 0.250. The van der Waals surface area contributed by atoms with Crippen LogP contribution in [0.5, 0.6) is 11.5 Å². The quantitative estimate of drug-likeness (QED) is 0.653. The summed E-state index contributed by atoms with van der Waals surface area (Å²) < 4.78 is 10.1. The van der Waals surface area contributed by atoms with Crippen LogP contribution in [0.25, 0.3) is 0 Å². The number of methoxy groups -OCH3 is 2. The Kier molecular flexibility index (Phi) is 4.85. The van der Waals surface area contributed by atoms with Gasteiger partial charge in [0.05, 0.1) is 30.7 Å². The first-order chi connectivity index (χ1) is 8.47. The average molecular weight is 272 g/mol. The van der Waals surface area contributed by atoms with Gasteiger partial charge in [-0.3, -0.25) is 4.79 Å². The second-order valence-electron chi connectivity index (χ2n) is 3.46. The molecule has 1 amide bonds. The number of ether oxygens (including phenoxy) is 2. The molecule has 0 aromatic heterocycles. The minimum Gasteiger partial charge on any atom is -0.512 e. The minimum atomic E-state index is -0.477. The zero-order valence-corrected chi connectivity index (χ0v) is 11.0. The lowest BCUT2D eigenvalue weighted by Crippen LogP contribution is -2.10. The smallest absolute Gasteiger partial charge is 0.251 e. The molecule has 0 fully saturated rings. The maximum atomic E-state index is 11.5. The van der Waals surface area contributed by atoms with E-state index in [1.165, 1.54) is 27.2 Å². The number of carbonyl (C=O) groups excluding carboxylic acids is 1. The van der Waals surface area contributed by atoms with Gasteiger partial charge in [-0.05, 0) is 13.0 Å². The van der Waals surface area contributed by atoms with E-state index >= 15 is 0 Å². The molecule has 0 heterocycles. The lowest BCUT2D eigenvalue weighted by atomic mass is 10.2. The summed E-state index contributed by atoms with van der Waals surface area (Å²) in [7, 11) is 2.95. The molecular formula is C12H14ClNO4. The number of hydrogen-bond donors (Lipinski definition) is 2. The van der Waals surface area contributed by atoms with Gasteiger partial charge in [-0.15, -0.1) is 0 Å². The van der Waals surface area contributed by atoms with Gasteiger partial charge < -0.3 is 19.9 Å². The topological polar surface area (TPSA) is 67.8 Å². The summed E-state index contributed by atoms with van der Waals surface area (Å²) in [6, 6.07) is 3.07. The molecule has 1 aromatic carbocycles. The molecule has 2 N–H and O–H groups in total. The fourth-order valence-electron chi connectivity index (χ4n) is 1.32. The largest absolute Gasteiger partial charge is 0.512 e. The van der Waals surface area contributed by atoms with Crippen molar-refractivity contribution >= 4 is 23.2 Å². The molecule has 0 aliphatic heterocycles. The molecule has 1 aromatic rings. The van der Waals surface area contributed by atoms with E-state index in [2.05, 4.69) is 5.32 Å². The monoisotopic (exact) mass is 271 g/mol. The van der Waals surface area contributed by atoms with Crippen LogP contribution < -0.4 is 14.8 Å². The third kappa shape index (κ3) is 3.56. The van der Waals surface area contributed by atoms with E-state index in [0.29, 0.717) is 22.2 Å². The molecule has 1 rings (SSSR count). The van der Waals surface area contributed by atoms with Crippen molar-refractivity contribution in [3.8, 4) is 11.5 Å². The Morgan fingerprint density at radius 2 is 1.94 bits per heavy atom. The number of carbonyl (C=O) groups is 1. The number of benzene rings is 1. The number of anilines is 1. The molecule has 0 bridgehead atoms. The standard InChI is InChI=1S/C12H14ClNO4/c1-7(15)4-12(16)14-9-5-8(13)10(17-2)6-11(9)18-3/h4-6,15H,1-3H3,(H,14,16)/b7-4-. The highest BCUT2D eigenvalue weighted by Gasteiger charge is 2.11. The van der Waals surface area contributed by atoms with Gasteiger partial charge in [-0.25, -0.2) is 0 Å². The van der Waals surface area contributed by atoms with Gasteiger partial charge in [-0.1, -0.05) is 11.6 Å². The Morgan fingerprint density at radius 3 is 2.44 bits per heavy atom. The molecule has 98 valence electrons. The Balaban J connectivity index is 3.05. The Labute approximate surface area is 110 Å². The van der Waals surface area contributed by atoms with Crippen molar-refractivity contribution < 1.29 is 19.4 Å². The highest BCUT2D eigenvalue weighted by atomic mass is 35.5. The predicted molar refractivity (Wildman–Crippen MR) is 69.6 cm³/mol. The first kappa shape index (κ1) is 14.2. The zero-order chi connectivity index (χ0) is 13.7. The van der Waals surface area contributed by atoms with Crippen LogP contribution in [0.2, 0.25) is 5.02 Å². The van der Waals surface area contributed by atoms with E-state index in [1.54, 1.807) is 6.07 Å². The molecule has 0 radical (unpaired) electrons. The molecule has 6 heteroatoms. The van der Waals surface area contributed by atoms with Gasteiger partial charge in [0.1, 0.15) is 11.5 Å². The van der Waals surface area contributed by atoms with Crippen molar-refractivity contribution in [3.05, 3.63) is 29.0 Å². The normalized spacial score (nSPS) is 11.0. The van der Waals surface area contributed by atoms with Gasteiger partial charge in [0.25, 0.3) is 5.91 Å². The second-order valence-corrected chi connectivity index (χ2v) is 3.87. The van der Waals surface area contributed by atoms with Crippen molar-refractivity contribution in [1.29, 1.82) is 0 Å². The van der Waals surface area contributed by atoms with Crippen molar-refractivity contribution in [2.75, 3.05) is 19.5 Å². The highest BCUT2D eigenvalue weighted by molar-refractivity contribution is 6.32. The van der Waals surface area contributed by atoms with Gasteiger partial charge in [0.2, 0.25) is 0 Å². The number of hydrogen-bond acceptors (Lipinski definition) is 4. The Hall–Kier alpha value is -1.88. The van der Waals surface area contributed by atoms with Crippen molar-refractivity contribution in [1.82, 2.24) is 0 Å². The summed E-state index contributed by atoms with van der Waals surface area (Å²) in [6.45, 7) is 1.40. The highest BCUT2D eigenvalue weighted by Crippen LogP contribution is 2.35. The van der Waals surface area contributed by atoms with E-state index in [4.69, 9.17) is 26.2 Å². The number of nitrogens with one attached hydrogen (secondary N) is 1. The summed E-state index contributed by atoms with van der Waals surface area (Å²) in [6.07, 6.45) is 1.05. The second kappa shape index (κ2) is 6.16. The van der Waals surface area contributed by atoms with Gasteiger partial charge in [-0.2, -0.15) is 0 Å². The van der Waals surface area contributed by atoms with Crippen LogP contribution >= 0.6 is 11.6 Å². The number of aliphatic hydroxyl groups is 1. The van der Waals surface area contributed by atoms with Crippen LogP contribution in [0.3, 0.4) is 0 Å². The SMILES string of the molecule is COc1cc(OC)c(NC(=O)/C=C(/C)O)cc1Cl. The molecule has 18 heavy (non-hydrogen) atoms. The van der Waals surface area contributed by atoms with Crippen molar-refractivity contribution in [2.24, 2.45) is 0 Å². The third-order valence-corrected chi connectivity index (χ3v) is 2.37. The molecule has 0 unspecified atom stereocenters. The number of halogens is 1. The Morgan fingerprint density at radius 1 is 1.33 bits per heavy atom. The van der Waals surface area contributed by atoms with Gasteiger partial charge >= 0.3 is 0 Å². The van der Waals surface area contributed by atoms with Crippen LogP contribution in [0.1, 0.15) is 6.92 Å². The van der Waals surface area contributed by atoms with Crippen molar-refractivity contribution in [3.63, 3.8) is 0 Å². The van der Waals surface area contributed by atoms with Gasteiger partial charge in [0, 0.05) is 12.1 Å². The lowest BCUT2D eigenvalue weighted by Gasteiger charge is -2.12. The van der Waals surface area contributed by atoms with E-state index in [9.17, 15) is 4.79 Å². The molecule has 0 saturated heterocycles. The lowest BCUT2D eigenvalue weighted by molar-refractivity contribution is -0.112. The van der Waals surface area contributed by atoms with Crippen LogP contribution in [0.15, 0.2) is 24.0 Å². The Bertz CT molecular complexity index is 481. The van der Waals surface area contributed by atoms with E-state index < -0.39 is 5.91 Å². The minimum absolute atomic E-state index is 0.0916. The number of allylic oxidation sites excluding steroid dienone is 1. The van der Waals surface area contributed by atoms with E-state index in [1.807, 2.05) is 0 Å². The number of aliphatic hydroxyl groups excluding tert-OH is 1. The first-order valence-corrected chi connectivity index (χ1v) is 5.45. The summed E-state index contributed by atoms with van der Waals surface area (Å²) in [4.78, 5) is 11.5. The molecule has 0 spiro atoms. The van der Waals surface area contributed by atoms with Crippen LogP contribution in [-0.2, 0) is 4.79 Å². The predicted octanol–water partition coefficient (Wildman–Crippen LogP) is 2.76. The molecule has 0 saturated carbocycles. The fourth-order valence-corrected chi connectivity index (χ4v) is 1.56. The summed E-state index contributed by atoms with van der Waals surface area (Å²) in [5, 5.41) is 11.9. The zero-order valence-electron chi connectivity index (χ0n) is 10.3. The maximum absolute atomic E-state index is 11.5. The molecule has 0 aliphatic carbocycles. The van der Waals surface area contributed by atoms with E-state index in [0.717, 1.165) is 6.08 Å². The summed E-state index contributed by atoms with van der Waals surface area (Å²) in [5.41, 5.74) is 0.394. The third-order valence-electron chi connectivity index (χ3n) is 2.07.